The lowest BCUT2D eigenvalue weighted by Gasteiger charge is -2.25. The highest BCUT2D eigenvalue weighted by molar-refractivity contribution is 5.67. The van der Waals surface area contributed by atoms with Crippen molar-refractivity contribution in [1.29, 1.82) is 0 Å². The molecule has 0 bridgehead atoms. The maximum atomic E-state index is 11.0. The maximum Gasteiger partial charge on any atom is 0.305 e. The molecule has 0 fully saturated rings. The molecule has 2 unspecified atom stereocenters. The van der Waals surface area contributed by atoms with E-state index in [-0.39, 0.29) is 6.42 Å². The summed E-state index contributed by atoms with van der Waals surface area (Å²) in [5, 5.41) is 22.6. The molecular weight excluding hydrogens is 268 g/mol. The van der Waals surface area contributed by atoms with Gasteiger partial charge >= 0.3 is 5.97 Å². The maximum absolute atomic E-state index is 11.0. The zero-order chi connectivity index (χ0) is 15.7. The summed E-state index contributed by atoms with van der Waals surface area (Å²) in [5.41, 5.74) is 0.735. The number of nitrogens with zero attached hydrogens (tertiary/aromatic N) is 1. The fraction of sp³-hybridized carbons (Fsp3) is 0.562. The predicted octanol–water partition coefficient (Wildman–Crippen LogP) is 1.49. The highest BCUT2D eigenvalue weighted by atomic mass is 16.4. The number of rotatable bonds is 10. The highest BCUT2D eigenvalue weighted by Crippen LogP contribution is 2.18. The first-order chi connectivity index (χ1) is 10.1. The number of benzene rings is 1. The van der Waals surface area contributed by atoms with Crippen molar-refractivity contribution < 1.29 is 15.0 Å². The molecule has 0 saturated heterocycles. The molecule has 0 heterocycles. The van der Waals surface area contributed by atoms with Gasteiger partial charge in [-0.3, -0.25) is 4.79 Å². The highest BCUT2D eigenvalue weighted by Gasteiger charge is 2.23. The molecule has 0 saturated carbocycles. The molecule has 0 radical (unpaired) electrons. The van der Waals surface area contributed by atoms with Crippen LogP contribution in [0.25, 0.3) is 0 Å². The molecule has 0 aliphatic carbocycles. The average molecular weight is 294 g/mol. The second-order valence-corrected chi connectivity index (χ2v) is 5.04. The summed E-state index contributed by atoms with van der Waals surface area (Å²) >= 11 is 0. The Morgan fingerprint density at radius 2 is 1.86 bits per heavy atom. The molecule has 0 aliphatic heterocycles. The van der Waals surface area contributed by atoms with Gasteiger partial charge in [0.05, 0.1) is 12.5 Å². The van der Waals surface area contributed by atoms with Crippen molar-refractivity contribution in [1.82, 2.24) is 10.2 Å². The Kier molecular flexibility index (Phi) is 7.97. The first kappa shape index (κ1) is 17.6. The molecule has 118 valence electrons. The van der Waals surface area contributed by atoms with Crippen molar-refractivity contribution in [2.24, 2.45) is 0 Å². The molecule has 21 heavy (non-hydrogen) atoms. The van der Waals surface area contributed by atoms with E-state index in [0.29, 0.717) is 6.54 Å². The minimum absolute atomic E-state index is 0.103. The second-order valence-electron chi connectivity index (χ2n) is 5.04. The van der Waals surface area contributed by atoms with Crippen molar-refractivity contribution in [3.05, 3.63) is 35.9 Å². The van der Waals surface area contributed by atoms with E-state index in [2.05, 4.69) is 24.1 Å². The van der Waals surface area contributed by atoms with Crippen LogP contribution in [0.4, 0.5) is 0 Å². The third kappa shape index (κ3) is 6.25. The Bertz CT molecular complexity index is 407. The fourth-order valence-electron chi connectivity index (χ4n) is 2.31. The van der Waals surface area contributed by atoms with Crippen LogP contribution in [-0.2, 0) is 4.79 Å². The quantitative estimate of drug-likeness (QED) is 0.610. The SMILES string of the molecule is CCN(CC)CCNC(CC(=O)O)C(O)c1ccccc1. The van der Waals surface area contributed by atoms with Gasteiger partial charge in [-0.05, 0) is 18.7 Å². The van der Waals surface area contributed by atoms with Crippen LogP contribution >= 0.6 is 0 Å². The molecular formula is C16H26N2O3. The zero-order valence-corrected chi connectivity index (χ0v) is 12.8. The normalized spacial score (nSPS) is 14.1. The largest absolute Gasteiger partial charge is 0.481 e. The van der Waals surface area contributed by atoms with Crippen LogP contribution in [0.3, 0.4) is 0 Å². The molecule has 5 nitrogen and oxygen atoms in total. The number of hydrogen-bond acceptors (Lipinski definition) is 4. The van der Waals surface area contributed by atoms with Crippen LogP contribution in [0.2, 0.25) is 0 Å². The topological polar surface area (TPSA) is 72.8 Å². The van der Waals surface area contributed by atoms with E-state index in [0.717, 1.165) is 25.2 Å². The van der Waals surface area contributed by atoms with Gasteiger partial charge in [0.15, 0.2) is 0 Å². The number of likely N-dealkylation sites (N-methyl/N-ethyl adjacent to an activating group) is 1. The van der Waals surface area contributed by atoms with E-state index in [4.69, 9.17) is 5.11 Å². The van der Waals surface area contributed by atoms with Crippen LogP contribution < -0.4 is 5.32 Å². The Labute approximate surface area is 126 Å². The van der Waals surface area contributed by atoms with Gasteiger partial charge in [0, 0.05) is 19.1 Å². The second kappa shape index (κ2) is 9.50. The predicted molar refractivity (Wildman–Crippen MR) is 83.2 cm³/mol. The van der Waals surface area contributed by atoms with Crippen molar-refractivity contribution in [3.63, 3.8) is 0 Å². The molecule has 1 aromatic rings. The molecule has 0 aliphatic rings. The number of carbonyl (C=O) groups is 1. The van der Waals surface area contributed by atoms with E-state index >= 15 is 0 Å². The van der Waals surface area contributed by atoms with Crippen molar-refractivity contribution in [2.75, 3.05) is 26.2 Å². The number of carboxylic acids is 1. The van der Waals surface area contributed by atoms with Crippen LogP contribution in [0.1, 0.15) is 31.9 Å². The molecule has 5 heteroatoms. The first-order valence-electron chi connectivity index (χ1n) is 7.49. The summed E-state index contributed by atoms with van der Waals surface area (Å²) in [6.07, 6.45) is -0.923. The van der Waals surface area contributed by atoms with Crippen molar-refractivity contribution in [2.45, 2.75) is 32.4 Å². The van der Waals surface area contributed by atoms with E-state index in [9.17, 15) is 9.90 Å². The zero-order valence-electron chi connectivity index (χ0n) is 12.8. The summed E-state index contributed by atoms with van der Waals surface area (Å²) in [6.45, 7) is 7.61. The Hall–Kier alpha value is -1.43. The monoisotopic (exact) mass is 294 g/mol. The standard InChI is InChI=1S/C16H26N2O3/c1-3-18(4-2)11-10-17-14(12-15(19)20)16(21)13-8-6-5-7-9-13/h5-9,14,16-17,21H,3-4,10-12H2,1-2H3,(H,19,20). The molecule has 0 aromatic heterocycles. The van der Waals surface area contributed by atoms with Gasteiger partial charge < -0.3 is 20.4 Å². The third-order valence-corrected chi connectivity index (χ3v) is 3.65. The van der Waals surface area contributed by atoms with Gasteiger partial charge in [-0.2, -0.15) is 0 Å². The lowest BCUT2D eigenvalue weighted by atomic mass is 10.00. The minimum Gasteiger partial charge on any atom is -0.481 e. The Balaban J connectivity index is 2.61. The smallest absolute Gasteiger partial charge is 0.305 e. The number of nitrogens with one attached hydrogen (secondary N) is 1. The summed E-state index contributed by atoms with van der Waals surface area (Å²) in [5.74, 6) is -0.912. The van der Waals surface area contributed by atoms with Crippen molar-refractivity contribution in [3.8, 4) is 0 Å². The summed E-state index contributed by atoms with van der Waals surface area (Å²) in [7, 11) is 0. The lowest BCUT2D eigenvalue weighted by Crippen LogP contribution is -2.41. The number of hydrogen-bond donors (Lipinski definition) is 3. The van der Waals surface area contributed by atoms with Crippen LogP contribution in [0.15, 0.2) is 30.3 Å². The van der Waals surface area contributed by atoms with Gasteiger partial charge in [-0.25, -0.2) is 0 Å². The molecule has 2 atom stereocenters. The van der Waals surface area contributed by atoms with Crippen LogP contribution in [0.5, 0.6) is 0 Å². The number of carboxylic acid groups (broad SMARTS) is 1. The lowest BCUT2D eigenvalue weighted by molar-refractivity contribution is -0.138. The molecule has 0 amide bonds. The average Bonchev–Trinajstić information content (AvgIpc) is 2.50. The summed E-state index contributed by atoms with van der Waals surface area (Å²) in [4.78, 5) is 13.2. The van der Waals surface area contributed by atoms with Gasteiger partial charge in [0.25, 0.3) is 0 Å². The van der Waals surface area contributed by atoms with E-state index in [1.807, 2.05) is 30.3 Å². The van der Waals surface area contributed by atoms with Gasteiger partial charge in [0.2, 0.25) is 0 Å². The van der Waals surface area contributed by atoms with Gasteiger partial charge in [-0.15, -0.1) is 0 Å². The van der Waals surface area contributed by atoms with Crippen LogP contribution in [0, 0.1) is 0 Å². The molecule has 0 spiro atoms. The molecule has 3 N–H and O–H groups in total. The Morgan fingerprint density at radius 1 is 1.24 bits per heavy atom. The Morgan fingerprint density at radius 3 is 2.38 bits per heavy atom. The van der Waals surface area contributed by atoms with Gasteiger partial charge in [-0.1, -0.05) is 44.2 Å². The third-order valence-electron chi connectivity index (χ3n) is 3.65. The molecule has 1 aromatic carbocycles. The van der Waals surface area contributed by atoms with E-state index < -0.39 is 18.1 Å². The van der Waals surface area contributed by atoms with Crippen LogP contribution in [-0.4, -0.2) is 53.3 Å². The van der Waals surface area contributed by atoms with Crippen molar-refractivity contribution >= 4 is 5.97 Å². The van der Waals surface area contributed by atoms with E-state index in [1.54, 1.807) is 0 Å². The fourth-order valence-corrected chi connectivity index (χ4v) is 2.31. The number of aliphatic hydroxyl groups is 1. The van der Waals surface area contributed by atoms with Gasteiger partial charge in [0.1, 0.15) is 0 Å². The first-order valence-corrected chi connectivity index (χ1v) is 7.49. The summed E-state index contributed by atoms with van der Waals surface area (Å²) in [6, 6.07) is 8.69. The number of aliphatic carboxylic acids is 1. The summed E-state index contributed by atoms with van der Waals surface area (Å²) < 4.78 is 0. The minimum atomic E-state index is -0.912. The molecule has 1 rings (SSSR count). The number of aliphatic hydroxyl groups excluding tert-OH is 1. The van der Waals surface area contributed by atoms with E-state index in [1.165, 1.54) is 0 Å².